The zero-order valence-corrected chi connectivity index (χ0v) is 12.6. The van der Waals surface area contributed by atoms with Crippen LogP contribution in [-0.4, -0.2) is 15.5 Å². The molecule has 0 radical (unpaired) electrons. The topological polar surface area (TPSA) is 67.9 Å². The van der Waals surface area contributed by atoms with Crippen molar-refractivity contribution in [3.63, 3.8) is 0 Å². The fourth-order valence-corrected chi connectivity index (χ4v) is 2.48. The van der Waals surface area contributed by atoms with Gasteiger partial charge in [0.25, 0.3) is 0 Å². The molecule has 1 aromatic rings. The quantitative estimate of drug-likeness (QED) is 0.781. The summed E-state index contributed by atoms with van der Waals surface area (Å²) in [6.07, 6.45) is 7.65. The van der Waals surface area contributed by atoms with Crippen LogP contribution in [0.15, 0.2) is 6.08 Å². The van der Waals surface area contributed by atoms with E-state index in [1.54, 1.807) is 0 Å². The second-order valence-electron chi connectivity index (χ2n) is 5.28. The third kappa shape index (κ3) is 3.72. The second kappa shape index (κ2) is 7.07. The molecule has 0 fully saturated rings. The van der Waals surface area contributed by atoms with Crippen LogP contribution in [0.2, 0.25) is 0 Å². The van der Waals surface area contributed by atoms with Crippen molar-refractivity contribution in [3.05, 3.63) is 23.3 Å². The van der Waals surface area contributed by atoms with Crippen LogP contribution in [0.1, 0.15) is 50.3 Å². The largest absolute Gasteiger partial charge is 0.458 e. The van der Waals surface area contributed by atoms with E-state index < -0.39 is 0 Å². The molecular weight excluding hydrogens is 266 g/mol. The molecule has 2 rings (SSSR count). The van der Waals surface area contributed by atoms with E-state index in [0.717, 1.165) is 49.4 Å². The molecule has 1 aromatic heterocycles. The average molecular weight is 287 g/mol. The molecule has 0 amide bonds. The Labute approximate surface area is 125 Å². The molecule has 0 saturated heterocycles. The monoisotopic (exact) mass is 287 g/mol. The molecule has 112 valence electrons. The highest BCUT2D eigenvalue weighted by molar-refractivity contribution is 5.65. The molecule has 0 spiro atoms. The second-order valence-corrected chi connectivity index (χ2v) is 5.28. The summed E-state index contributed by atoms with van der Waals surface area (Å²) in [6.45, 7) is 4.61. The summed E-state index contributed by atoms with van der Waals surface area (Å²) in [5.74, 6) is 0.453. The Morgan fingerprint density at radius 1 is 1.62 bits per heavy atom. The SMILES string of the molecule is CCCCn1c(COC(C)=O)nc2c1C=CC(C#N)CC2. The van der Waals surface area contributed by atoms with E-state index in [4.69, 9.17) is 10.00 Å². The lowest BCUT2D eigenvalue weighted by atomic mass is 10.1. The Balaban J connectivity index is 2.30. The van der Waals surface area contributed by atoms with Gasteiger partial charge in [-0.2, -0.15) is 5.26 Å². The Hall–Kier alpha value is -2.09. The molecule has 1 unspecified atom stereocenters. The van der Waals surface area contributed by atoms with E-state index in [2.05, 4.69) is 22.5 Å². The van der Waals surface area contributed by atoms with Gasteiger partial charge in [-0.3, -0.25) is 4.79 Å². The van der Waals surface area contributed by atoms with Gasteiger partial charge in [0.1, 0.15) is 12.4 Å². The molecule has 1 aliphatic rings. The molecule has 0 saturated carbocycles. The van der Waals surface area contributed by atoms with Crippen molar-refractivity contribution in [2.24, 2.45) is 5.92 Å². The Bertz CT molecular complexity index is 581. The van der Waals surface area contributed by atoms with E-state index in [1.165, 1.54) is 6.92 Å². The number of carbonyl (C=O) groups excluding carboxylic acids is 1. The molecule has 0 bridgehead atoms. The number of esters is 1. The maximum absolute atomic E-state index is 11.0. The van der Waals surface area contributed by atoms with Crippen LogP contribution in [0.5, 0.6) is 0 Å². The molecule has 0 aliphatic heterocycles. The highest BCUT2D eigenvalue weighted by atomic mass is 16.5. The first-order chi connectivity index (χ1) is 10.2. The average Bonchev–Trinajstić information content (AvgIpc) is 2.66. The minimum absolute atomic E-state index is 0.0456. The zero-order valence-electron chi connectivity index (χ0n) is 12.6. The predicted octanol–water partition coefficient (Wildman–Crippen LogP) is 2.85. The summed E-state index contributed by atoms with van der Waals surface area (Å²) < 4.78 is 7.22. The first-order valence-corrected chi connectivity index (χ1v) is 7.45. The lowest BCUT2D eigenvalue weighted by molar-refractivity contribution is -0.142. The number of aromatic nitrogens is 2. The fraction of sp³-hybridized carbons (Fsp3) is 0.562. The third-order valence-corrected chi connectivity index (χ3v) is 3.65. The van der Waals surface area contributed by atoms with Gasteiger partial charge < -0.3 is 9.30 Å². The highest BCUT2D eigenvalue weighted by Gasteiger charge is 2.19. The molecule has 5 nitrogen and oxygen atoms in total. The van der Waals surface area contributed by atoms with Crippen molar-refractivity contribution >= 4 is 12.0 Å². The maximum atomic E-state index is 11.0. The number of nitrogens with zero attached hydrogens (tertiary/aromatic N) is 3. The predicted molar refractivity (Wildman–Crippen MR) is 79.1 cm³/mol. The minimum Gasteiger partial charge on any atom is -0.458 e. The number of aryl methyl sites for hydroxylation is 1. The molecule has 1 aliphatic carbocycles. The minimum atomic E-state index is -0.296. The summed E-state index contributed by atoms with van der Waals surface area (Å²) in [5.41, 5.74) is 2.06. The first-order valence-electron chi connectivity index (χ1n) is 7.45. The lowest BCUT2D eigenvalue weighted by Crippen LogP contribution is -2.09. The number of unbranched alkanes of at least 4 members (excludes halogenated alkanes) is 1. The molecule has 0 N–H and O–H groups in total. The lowest BCUT2D eigenvalue weighted by Gasteiger charge is -2.09. The number of rotatable bonds is 5. The molecule has 21 heavy (non-hydrogen) atoms. The number of hydrogen-bond acceptors (Lipinski definition) is 4. The highest BCUT2D eigenvalue weighted by Crippen LogP contribution is 2.24. The summed E-state index contributed by atoms with van der Waals surface area (Å²) >= 11 is 0. The summed E-state index contributed by atoms with van der Waals surface area (Å²) in [4.78, 5) is 15.6. The molecule has 5 heteroatoms. The molecule has 1 heterocycles. The zero-order chi connectivity index (χ0) is 15.2. The number of carbonyl (C=O) groups is 1. The number of ether oxygens (including phenoxy) is 1. The van der Waals surface area contributed by atoms with Gasteiger partial charge in [-0.15, -0.1) is 0 Å². The van der Waals surface area contributed by atoms with Crippen molar-refractivity contribution in [1.29, 1.82) is 5.26 Å². The van der Waals surface area contributed by atoms with Gasteiger partial charge in [0, 0.05) is 13.5 Å². The van der Waals surface area contributed by atoms with Crippen LogP contribution < -0.4 is 0 Å². The van der Waals surface area contributed by atoms with Gasteiger partial charge >= 0.3 is 5.97 Å². The van der Waals surface area contributed by atoms with E-state index in [9.17, 15) is 4.79 Å². The van der Waals surface area contributed by atoms with Gasteiger partial charge in [0.05, 0.1) is 23.4 Å². The van der Waals surface area contributed by atoms with Crippen LogP contribution in [0.3, 0.4) is 0 Å². The van der Waals surface area contributed by atoms with Crippen LogP contribution in [-0.2, 0) is 29.1 Å². The number of hydrogen-bond donors (Lipinski definition) is 0. The normalized spacial score (nSPS) is 16.9. The molecular formula is C16H21N3O2. The van der Waals surface area contributed by atoms with Crippen LogP contribution >= 0.6 is 0 Å². The fourth-order valence-electron chi connectivity index (χ4n) is 2.48. The standard InChI is InChI=1S/C16H21N3O2/c1-3-4-9-19-15-8-6-13(10-17)5-7-14(15)18-16(19)11-21-12(2)20/h6,8,13H,3-5,7,9,11H2,1-2H3. The van der Waals surface area contributed by atoms with Crippen molar-refractivity contribution < 1.29 is 9.53 Å². The van der Waals surface area contributed by atoms with Crippen molar-refractivity contribution in [1.82, 2.24) is 9.55 Å². The van der Waals surface area contributed by atoms with Gasteiger partial charge in [0.2, 0.25) is 0 Å². The Kier molecular flexibility index (Phi) is 5.15. The molecule has 1 atom stereocenters. The number of fused-ring (bicyclic) bond motifs is 1. The smallest absolute Gasteiger partial charge is 0.303 e. The van der Waals surface area contributed by atoms with Gasteiger partial charge in [0.15, 0.2) is 0 Å². The van der Waals surface area contributed by atoms with Gasteiger partial charge in [-0.25, -0.2) is 4.98 Å². The van der Waals surface area contributed by atoms with Crippen molar-refractivity contribution in [3.8, 4) is 6.07 Å². The number of imidazole rings is 1. The van der Waals surface area contributed by atoms with Crippen molar-refractivity contribution in [2.75, 3.05) is 0 Å². The first kappa shape index (κ1) is 15.3. The van der Waals surface area contributed by atoms with E-state index in [-0.39, 0.29) is 18.5 Å². The van der Waals surface area contributed by atoms with E-state index in [1.807, 2.05) is 12.2 Å². The van der Waals surface area contributed by atoms with Crippen LogP contribution in [0, 0.1) is 17.2 Å². The maximum Gasteiger partial charge on any atom is 0.303 e. The number of nitriles is 1. The summed E-state index contributed by atoms with van der Waals surface area (Å²) in [7, 11) is 0. The Morgan fingerprint density at radius 3 is 3.10 bits per heavy atom. The molecule has 0 aromatic carbocycles. The van der Waals surface area contributed by atoms with E-state index >= 15 is 0 Å². The van der Waals surface area contributed by atoms with Gasteiger partial charge in [-0.05, 0) is 25.3 Å². The third-order valence-electron chi connectivity index (χ3n) is 3.65. The van der Waals surface area contributed by atoms with Crippen LogP contribution in [0.25, 0.3) is 6.08 Å². The number of allylic oxidation sites excluding steroid dienone is 1. The van der Waals surface area contributed by atoms with Gasteiger partial charge in [-0.1, -0.05) is 19.4 Å². The van der Waals surface area contributed by atoms with Crippen LogP contribution in [0.4, 0.5) is 0 Å². The Morgan fingerprint density at radius 2 is 2.43 bits per heavy atom. The summed E-state index contributed by atoms with van der Waals surface area (Å²) in [5, 5.41) is 9.06. The van der Waals surface area contributed by atoms with Crippen molar-refractivity contribution in [2.45, 2.75) is 52.7 Å². The van der Waals surface area contributed by atoms with E-state index in [0.29, 0.717) is 0 Å². The summed E-state index contributed by atoms with van der Waals surface area (Å²) in [6, 6.07) is 2.29.